The number of hydrogen-bond donors (Lipinski definition) is 0. The van der Waals surface area contributed by atoms with E-state index in [4.69, 9.17) is 0 Å². The number of carbonyl (C=O) groups is 1. The standard InChI is InChI=1S/C19H15F3N4O/c20-12-4-5-16-13(10-12)18(24-11-23-16)25-6-8-26(9-7-25)19(27)17-14(21)2-1-3-15(17)22/h1-5,10-11H,6-9H2. The van der Waals surface area contributed by atoms with Gasteiger partial charge in [0.2, 0.25) is 0 Å². The smallest absolute Gasteiger partial charge is 0.259 e. The molecule has 0 atom stereocenters. The Bertz CT molecular complexity index is 999. The molecule has 2 heterocycles. The number of benzene rings is 2. The molecule has 0 radical (unpaired) electrons. The molecule has 8 heteroatoms. The van der Waals surface area contributed by atoms with E-state index in [2.05, 4.69) is 9.97 Å². The third-order valence-corrected chi connectivity index (χ3v) is 4.62. The van der Waals surface area contributed by atoms with Crippen molar-refractivity contribution < 1.29 is 18.0 Å². The zero-order valence-electron chi connectivity index (χ0n) is 14.2. The number of halogens is 3. The molecule has 0 aliphatic carbocycles. The van der Waals surface area contributed by atoms with Crippen molar-refractivity contribution in [2.75, 3.05) is 31.1 Å². The largest absolute Gasteiger partial charge is 0.352 e. The van der Waals surface area contributed by atoms with Crippen LogP contribution in [-0.2, 0) is 0 Å². The zero-order chi connectivity index (χ0) is 19.0. The number of rotatable bonds is 2. The molecule has 0 N–H and O–H groups in total. The number of anilines is 1. The summed E-state index contributed by atoms with van der Waals surface area (Å²) in [6.45, 7) is 1.36. The Morgan fingerprint density at radius 3 is 2.33 bits per heavy atom. The van der Waals surface area contributed by atoms with Crippen LogP contribution in [0.4, 0.5) is 19.0 Å². The highest BCUT2D eigenvalue weighted by Gasteiger charge is 2.27. The van der Waals surface area contributed by atoms with Gasteiger partial charge >= 0.3 is 0 Å². The van der Waals surface area contributed by atoms with Gasteiger partial charge in [-0.05, 0) is 30.3 Å². The fourth-order valence-electron chi connectivity index (χ4n) is 3.25. The van der Waals surface area contributed by atoms with E-state index in [1.165, 1.54) is 29.4 Å². The molecule has 0 saturated carbocycles. The van der Waals surface area contributed by atoms with E-state index in [-0.39, 0.29) is 18.9 Å². The van der Waals surface area contributed by atoms with Crippen molar-refractivity contribution in [1.82, 2.24) is 14.9 Å². The molecular formula is C19H15F3N4O. The maximum atomic E-state index is 13.9. The highest BCUT2D eigenvalue weighted by atomic mass is 19.1. The van der Waals surface area contributed by atoms with E-state index in [9.17, 15) is 18.0 Å². The lowest BCUT2D eigenvalue weighted by molar-refractivity contribution is 0.0736. The van der Waals surface area contributed by atoms with Crippen molar-refractivity contribution in [2.45, 2.75) is 0 Å². The molecule has 3 aromatic rings. The third kappa shape index (κ3) is 3.18. The average Bonchev–Trinajstić information content (AvgIpc) is 2.67. The van der Waals surface area contributed by atoms with Gasteiger partial charge in [0.25, 0.3) is 5.91 Å². The Kier molecular flexibility index (Phi) is 4.39. The van der Waals surface area contributed by atoms with Crippen LogP contribution in [0.5, 0.6) is 0 Å². The molecule has 1 fully saturated rings. The van der Waals surface area contributed by atoms with E-state index in [1.807, 2.05) is 4.90 Å². The first-order valence-electron chi connectivity index (χ1n) is 8.43. The van der Waals surface area contributed by atoms with E-state index < -0.39 is 23.1 Å². The molecule has 5 nitrogen and oxygen atoms in total. The maximum Gasteiger partial charge on any atom is 0.259 e. The molecule has 1 aromatic heterocycles. The Labute approximate surface area is 153 Å². The minimum absolute atomic E-state index is 0.271. The topological polar surface area (TPSA) is 49.3 Å². The number of carbonyl (C=O) groups excluding carboxylic acids is 1. The van der Waals surface area contributed by atoms with E-state index in [1.54, 1.807) is 6.07 Å². The summed E-state index contributed by atoms with van der Waals surface area (Å²) in [5.74, 6) is -2.24. The summed E-state index contributed by atoms with van der Waals surface area (Å²) < 4.78 is 41.3. The van der Waals surface area contributed by atoms with Gasteiger partial charge in [0.15, 0.2) is 0 Å². The quantitative estimate of drug-likeness (QED) is 0.694. The van der Waals surface area contributed by atoms with Crippen LogP contribution in [0.25, 0.3) is 10.9 Å². The first kappa shape index (κ1) is 17.3. The number of piperazine rings is 1. The first-order chi connectivity index (χ1) is 13.0. The first-order valence-corrected chi connectivity index (χ1v) is 8.43. The number of aromatic nitrogens is 2. The van der Waals surface area contributed by atoms with Gasteiger partial charge in [0.05, 0.1) is 5.52 Å². The molecule has 138 valence electrons. The second kappa shape index (κ2) is 6.86. The predicted molar refractivity (Wildman–Crippen MR) is 94.0 cm³/mol. The minimum Gasteiger partial charge on any atom is -0.352 e. The summed E-state index contributed by atoms with van der Waals surface area (Å²) in [6.07, 6.45) is 1.40. The van der Waals surface area contributed by atoms with Crippen LogP contribution in [0.2, 0.25) is 0 Å². The Hall–Kier alpha value is -3.16. The number of hydrogen-bond acceptors (Lipinski definition) is 4. The maximum absolute atomic E-state index is 13.9. The average molecular weight is 372 g/mol. The monoisotopic (exact) mass is 372 g/mol. The number of amides is 1. The SMILES string of the molecule is O=C(c1c(F)cccc1F)N1CCN(c2ncnc3ccc(F)cc23)CC1. The van der Waals surface area contributed by atoms with Crippen LogP contribution in [0.15, 0.2) is 42.7 Å². The second-order valence-electron chi connectivity index (χ2n) is 6.23. The van der Waals surface area contributed by atoms with Gasteiger partial charge in [0.1, 0.15) is 35.2 Å². The Morgan fingerprint density at radius 1 is 0.926 bits per heavy atom. The van der Waals surface area contributed by atoms with Crippen LogP contribution < -0.4 is 4.90 Å². The highest BCUT2D eigenvalue weighted by Crippen LogP contribution is 2.25. The molecule has 1 saturated heterocycles. The Morgan fingerprint density at radius 2 is 1.63 bits per heavy atom. The zero-order valence-corrected chi connectivity index (χ0v) is 14.2. The second-order valence-corrected chi connectivity index (χ2v) is 6.23. The molecule has 2 aromatic carbocycles. The fourth-order valence-corrected chi connectivity index (χ4v) is 3.25. The fraction of sp³-hybridized carbons (Fsp3) is 0.211. The van der Waals surface area contributed by atoms with Crippen molar-refractivity contribution in [3.8, 4) is 0 Å². The van der Waals surface area contributed by atoms with Gasteiger partial charge in [-0.1, -0.05) is 6.07 Å². The normalized spacial score (nSPS) is 14.6. The summed E-state index contributed by atoms with van der Waals surface area (Å²) in [5, 5.41) is 0.581. The van der Waals surface area contributed by atoms with Gasteiger partial charge in [0, 0.05) is 31.6 Å². The molecule has 1 aliphatic rings. The predicted octanol–water partition coefficient (Wildman–Crippen LogP) is 3.01. The van der Waals surface area contributed by atoms with Crippen molar-refractivity contribution >= 4 is 22.6 Å². The summed E-state index contributed by atoms with van der Waals surface area (Å²) in [7, 11) is 0. The van der Waals surface area contributed by atoms with Gasteiger partial charge in [-0.3, -0.25) is 4.79 Å². The molecule has 4 rings (SSSR count). The lowest BCUT2D eigenvalue weighted by Crippen LogP contribution is -2.49. The summed E-state index contributed by atoms with van der Waals surface area (Å²) >= 11 is 0. The van der Waals surface area contributed by atoms with E-state index in [0.29, 0.717) is 29.8 Å². The van der Waals surface area contributed by atoms with Gasteiger partial charge in [-0.2, -0.15) is 0 Å². The van der Waals surface area contributed by atoms with Crippen LogP contribution in [-0.4, -0.2) is 47.0 Å². The number of nitrogens with zero attached hydrogens (tertiary/aromatic N) is 4. The third-order valence-electron chi connectivity index (χ3n) is 4.62. The minimum atomic E-state index is -0.875. The highest BCUT2D eigenvalue weighted by molar-refractivity contribution is 5.95. The molecule has 1 aliphatic heterocycles. The van der Waals surface area contributed by atoms with E-state index >= 15 is 0 Å². The van der Waals surface area contributed by atoms with Gasteiger partial charge in [-0.25, -0.2) is 23.1 Å². The lowest BCUT2D eigenvalue weighted by Gasteiger charge is -2.35. The molecular weight excluding hydrogens is 357 g/mol. The van der Waals surface area contributed by atoms with Crippen molar-refractivity contribution in [3.05, 3.63) is 65.7 Å². The van der Waals surface area contributed by atoms with Crippen molar-refractivity contribution in [1.29, 1.82) is 0 Å². The summed E-state index contributed by atoms with van der Waals surface area (Å²) in [5.41, 5.74) is 0.0776. The number of fused-ring (bicyclic) bond motifs is 1. The summed E-state index contributed by atoms with van der Waals surface area (Å²) in [6, 6.07) is 7.63. The molecule has 27 heavy (non-hydrogen) atoms. The van der Waals surface area contributed by atoms with Crippen molar-refractivity contribution in [2.24, 2.45) is 0 Å². The lowest BCUT2D eigenvalue weighted by atomic mass is 10.1. The summed E-state index contributed by atoms with van der Waals surface area (Å²) in [4.78, 5) is 24.2. The van der Waals surface area contributed by atoms with Crippen LogP contribution in [0, 0.1) is 17.5 Å². The van der Waals surface area contributed by atoms with Crippen LogP contribution in [0.1, 0.15) is 10.4 Å². The molecule has 0 spiro atoms. The van der Waals surface area contributed by atoms with E-state index in [0.717, 1.165) is 12.1 Å². The molecule has 0 unspecified atom stereocenters. The van der Waals surface area contributed by atoms with Gasteiger partial charge < -0.3 is 9.80 Å². The van der Waals surface area contributed by atoms with Crippen LogP contribution >= 0.6 is 0 Å². The van der Waals surface area contributed by atoms with Crippen molar-refractivity contribution in [3.63, 3.8) is 0 Å². The van der Waals surface area contributed by atoms with Gasteiger partial charge in [-0.15, -0.1) is 0 Å². The molecule has 0 bridgehead atoms. The Balaban J connectivity index is 1.55. The van der Waals surface area contributed by atoms with Crippen LogP contribution in [0.3, 0.4) is 0 Å². The molecule has 1 amide bonds.